The van der Waals surface area contributed by atoms with Crippen molar-refractivity contribution >= 4 is 17.7 Å². The Morgan fingerprint density at radius 2 is 1.48 bits per heavy atom. The molecule has 1 aliphatic heterocycles. The normalized spacial score (nSPS) is 17.0. The Morgan fingerprint density at radius 3 is 2.10 bits per heavy atom. The van der Waals surface area contributed by atoms with E-state index in [9.17, 15) is 14.4 Å². The van der Waals surface area contributed by atoms with E-state index in [2.05, 4.69) is 5.32 Å². The van der Waals surface area contributed by atoms with Gasteiger partial charge in [-0.1, -0.05) is 60.7 Å². The molecule has 0 spiro atoms. The average Bonchev–Trinajstić information content (AvgIpc) is 2.97. The van der Waals surface area contributed by atoms with Gasteiger partial charge in [-0.05, 0) is 24.1 Å². The fourth-order valence-corrected chi connectivity index (χ4v) is 3.39. The summed E-state index contributed by atoms with van der Waals surface area (Å²) in [5, 5.41) is 2.99. The van der Waals surface area contributed by atoms with Crippen LogP contribution in [-0.4, -0.2) is 54.8 Å². The molecule has 1 saturated heterocycles. The third kappa shape index (κ3) is 7.96. The van der Waals surface area contributed by atoms with Crippen LogP contribution in [0.15, 0.2) is 60.7 Å². The van der Waals surface area contributed by atoms with Gasteiger partial charge in [-0.2, -0.15) is 0 Å². The molecule has 1 heterocycles. The summed E-state index contributed by atoms with van der Waals surface area (Å²) in [7, 11) is 0. The molecule has 0 bridgehead atoms. The van der Waals surface area contributed by atoms with Gasteiger partial charge in [-0.25, -0.2) is 0 Å². The number of hydrogen-bond acceptors (Lipinski definition) is 7. The van der Waals surface area contributed by atoms with E-state index in [1.54, 1.807) is 0 Å². The van der Waals surface area contributed by atoms with Crippen LogP contribution in [0, 0.1) is 0 Å². The quantitative estimate of drug-likeness (QED) is 0.617. The summed E-state index contributed by atoms with van der Waals surface area (Å²) in [5.41, 5.74) is 1.83. The zero-order chi connectivity index (χ0) is 21.9. The molecular weight excluding hydrogens is 396 g/mol. The maximum atomic E-state index is 12.4. The zero-order valence-corrected chi connectivity index (χ0v) is 17.5. The van der Waals surface area contributed by atoms with Gasteiger partial charge in [0.1, 0.15) is 13.2 Å². The molecule has 7 heteroatoms. The number of carbonyl (C=O) groups is 3. The van der Waals surface area contributed by atoms with Crippen molar-refractivity contribution in [2.45, 2.75) is 32.1 Å². The van der Waals surface area contributed by atoms with Crippen LogP contribution in [-0.2, 0) is 37.1 Å². The van der Waals surface area contributed by atoms with Gasteiger partial charge in [0.05, 0.1) is 19.1 Å². The van der Waals surface area contributed by atoms with Crippen LogP contribution < -0.4 is 5.32 Å². The van der Waals surface area contributed by atoms with E-state index in [0.717, 1.165) is 11.1 Å². The van der Waals surface area contributed by atoms with E-state index in [1.807, 2.05) is 65.6 Å². The summed E-state index contributed by atoms with van der Waals surface area (Å²) in [6.45, 7) is 1.45. The van der Waals surface area contributed by atoms with Crippen LogP contribution in [0.1, 0.15) is 24.0 Å². The maximum Gasteiger partial charge on any atom is 0.320 e. The molecular formula is C24H28N2O5. The van der Waals surface area contributed by atoms with E-state index in [0.29, 0.717) is 25.9 Å². The Hall–Kier alpha value is -3.03. The predicted molar refractivity (Wildman–Crippen MR) is 115 cm³/mol. The number of rotatable bonds is 9. The molecule has 0 aromatic heterocycles. The highest BCUT2D eigenvalue weighted by Gasteiger charge is 2.26. The van der Waals surface area contributed by atoms with Crippen LogP contribution in [0.2, 0.25) is 0 Å². The number of Topliss-reactive ketones (excluding diaryl/α,β-unsaturated/α-hetero) is 1. The molecule has 3 rings (SSSR count). The van der Waals surface area contributed by atoms with Gasteiger partial charge in [0.15, 0.2) is 5.78 Å². The highest BCUT2D eigenvalue weighted by molar-refractivity contribution is 5.85. The van der Waals surface area contributed by atoms with Crippen molar-refractivity contribution in [3.8, 4) is 0 Å². The number of nitrogens with one attached hydrogen (secondary N) is 1. The summed E-state index contributed by atoms with van der Waals surface area (Å²) in [5.74, 6) is -0.718. The van der Waals surface area contributed by atoms with Crippen molar-refractivity contribution in [3.63, 3.8) is 0 Å². The van der Waals surface area contributed by atoms with Crippen molar-refractivity contribution < 1.29 is 23.9 Å². The highest BCUT2D eigenvalue weighted by atomic mass is 16.5. The minimum Gasteiger partial charge on any atom is -0.460 e. The minimum atomic E-state index is -0.520. The number of nitrogens with zero attached hydrogens (tertiary/aromatic N) is 1. The summed E-state index contributed by atoms with van der Waals surface area (Å²) < 4.78 is 10.6. The molecule has 1 fully saturated rings. The second kappa shape index (κ2) is 12.0. The number of benzene rings is 2. The van der Waals surface area contributed by atoms with Gasteiger partial charge in [-0.15, -0.1) is 0 Å². The summed E-state index contributed by atoms with van der Waals surface area (Å²) in [6.07, 6.45) is 1.08. The lowest BCUT2D eigenvalue weighted by atomic mass is 10.1. The van der Waals surface area contributed by atoms with Gasteiger partial charge in [0.25, 0.3) is 0 Å². The molecule has 2 aromatic carbocycles. The number of esters is 2. The first-order chi connectivity index (χ1) is 15.1. The van der Waals surface area contributed by atoms with Crippen molar-refractivity contribution in [3.05, 3.63) is 71.8 Å². The Kier molecular flexibility index (Phi) is 8.75. The first kappa shape index (κ1) is 22.7. The van der Waals surface area contributed by atoms with E-state index in [-0.39, 0.29) is 38.1 Å². The lowest BCUT2D eigenvalue weighted by Crippen LogP contribution is -2.47. The van der Waals surface area contributed by atoms with Crippen LogP contribution in [0.4, 0.5) is 0 Å². The van der Waals surface area contributed by atoms with E-state index >= 15 is 0 Å². The smallest absolute Gasteiger partial charge is 0.320 e. The summed E-state index contributed by atoms with van der Waals surface area (Å²) in [6, 6.07) is 18.4. The molecule has 2 aromatic rings. The van der Waals surface area contributed by atoms with E-state index in [4.69, 9.17) is 9.47 Å². The summed E-state index contributed by atoms with van der Waals surface area (Å²) >= 11 is 0. The number of ether oxygens (including phenoxy) is 2. The molecule has 1 atom stereocenters. The number of ketones is 1. The van der Waals surface area contributed by atoms with Crippen LogP contribution in [0.25, 0.3) is 0 Å². The van der Waals surface area contributed by atoms with E-state index < -0.39 is 12.0 Å². The van der Waals surface area contributed by atoms with Gasteiger partial charge >= 0.3 is 11.9 Å². The molecule has 0 saturated carbocycles. The number of carbonyl (C=O) groups excluding carboxylic acids is 3. The predicted octanol–water partition coefficient (Wildman–Crippen LogP) is 2.10. The zero-order valence-electron chi connectivity index (χ0n) is 17.5. The maximum absolute atomic E-state index is 12.4. The molecule has 164 valence electrons. The third-order valence-electron chi connectivity index (χ3n) is 5.06. The molecule has 1 N–H and O–H groups in total. The van der Waals surface area contributed by atoms with E-state index in [1.165, 1.54) is 0 Å². The van der Waals surface area contributed by atoms with Crippen LogP contribution in [0.3, 0.4) is 0 Å². The highest BCUT2D eigenvalue weighted by Crippen LogP contribution is 2.09. The Labute approximate surface area is 182 Å². The fraction of sp³-hybridized carbons (Fsp3) is 0.375. The molecule has 0 aliphatic carbocycles. The van der Waals surface area contributed by atoms with Crippen LogP contribution in [0.5, 0.6) is 0 Å². The SMILES string of the molecule is O=C(CNC1CN(CC(=O)OCc2ccccc2)CCCC1=O)OCc1ccccc1. The lowest BCUT2D eigenvalue weighted by Gasteiger charge is -2.23. The average molecular weight is 424 g/mol. The van der Waals surface area contributed by atoms with Gasteiger partial charge in [0, 0.05) is 13.0 Å². The second-order valence-electron chi connectivity index (χ2n) is 7.53. The minimum absolute atomic E-state index is 0.0380. The first-order valence-electron chi connectivity index (χ1n) is 10.5. The first-order valence-corrected chi connectivity index (χ1v) is 10.5. The van der Waals surface area contributed by atoms with Crippen molar-refractivity contribution in [2.75, 3.05) is 26.2 Å². The second-order valence-corrected chi connectivity index (χ2v) is 7.53. The number of likely N-dealkylation sites (tertiary alicyclic amines) is 1. The van der Waals surface area contributed by atoms with Gasteiger partial charge in [-0.3, -0.25) is 24.6 Å². The standard InChI is InChI=1S/C24H28N2O5/c27-22-12-7-13-26(16-24(29)31-18-20-10-5-2-6-11-20)15-21(22)25-14-23(28)30-17-19-8-3-1-4-9-19/h1-6,8-11,21,25H,7,12-18H2. The number of hydrogen-bond donors (Lipinski definition) is 1. The topological polar surface area (TPSA) is 84.9 Å². The van der Waals surface area contributed by atoms with Crippen molar-refractivity contribution in [1.29, 1.82) is 0 Å². The molecule has 31 heavy (non-hydrogen) atoms. The molecule has 1 unspecified atom stereocenters. The Morgan fingerprint density at radius 1 is 0.903 bits per heavy atom. The van der Waals surface area contributed by atoms with Crippen molar-refractivity contribution in [1.82, 2.24) is 10.2 Å². The fourth-order valence-electron chi connectivity index (χ4n) is 3.39. The Balaban J connectivity index is 1.42. The molecule has 7 nitrogen and oxygen atoms in total. The lowest BCUT2D eigenvalue weighted by molar-refractivity contribution is -0.147. The van der Waals surface area contributed by atoms with Crippen molar-refractivity contribution in [2.24, 2.45) is 0 Å². The Bertz CT molecular complexity index is 857. The molecule has 1 aliphatic rings. The molecule has 0 radical (unpaired) electrons. The monoisotopic (exact) mass is 424 g/mol. The van der Waals surface area contributed by atoms with Gasteiger partial charge in [0.2, 0.25) is 0 Å². The molecule has 0 amide bonds. The van der Waals surface area contributed by atoms with Gasteiger partial charge < -0.3 is 9.47 Å². The third-order valence-corrected chi connectivity index (χ3v) is 5.06. The van der Waals surface area contributed by atoms with Crippen LogP contribution >= 0.6 is 0 Å². The summed E-state index contributed by atoms with van der Waals surface area (Å²) in [4.78, 5) is 38.6. The largest absolute Gasteiger partial charge is 0.460 e.